The van der Waals surface area contributed by atoms with Crippen LogP contribution in [0.15, 0.2) is 12.4 Å². The molecule has 5 rings (SSSR count). The zero-order valence-corrected chi connectivity index (χ0v) is 12.9. The summed E-state index contributed by atoms with van der Waals surface area (Å²) in [6.07, 6.45) is 12.6. The van der Waals surface area contributed by atoms with Crippen LogP contribution in [-0.4, -0.2) is 22.4 Å². The van der Waals surface area contributed by atoms with Crippen molar-refractivity contribution in [3.8, 4) is 0 Å². The minimum atomic E-state index is -0.199. The van der Waals surface area contributed by atoms with Gasteiger partial charge in [-0.2, -0.15) is 0 Å². The molecule has 4 aliphatic carbocycles. The first kappa shape index (κ1) is 14.0. The van der Waals surface area contributed by atoms with Crippen LogP contribution in [0.25, 0.3) is 0 Å². The number of hydrogen-bond acceptors (Lipinski definition) is 4. The van der Waals surface area contributed by atoms with E-state index in [4.69, 9.17) is 5.73 Å². The van der Waals surface area contributed by atoms with Crippen molar-refractivity contribution in [2.75, 3.05) is 12.3 Å². The Morgan fingerprint density at radius 3 is 2.32 bits per heavy atom. The third-order valence-corrected chi connectivity index (χ3v) is 6.05. The summed E-state index contributed by atoms with van der Waals surface area (Å²) in [5.41, 5.74) is 6.44. The number of carbonyl (C=O) groups excluding carboxylic acids is 1. The van der Waals surface area contributed by atoms with Crippen molar-refractivity contribution in [1.82, 2.24) is 15.3 Å². The van der Waals surface area contributed by atoms with Gasteiger partial charge in [-0.05, 0) is 68.1 Å². The predicted molar refractivity (Wildman–Crippen MR) is 84.0 cm³/mol. The summed E-state index contributed by atoms with van der Waals surface area (Å²) < 4.78 is 0. The normalized spacial score (nSPS) is 35.5. The van der Waals surface area contributed by atoms with Gasteiger partial charge in [0.2, 0.25) is 0 Å². The average molecular weight is 300 g/mol. The topological polar surface area (TPSA) is 80.9 Å². The minimum absolute atomic E-state index is 0.199. The van der Waals surface area contributed by atoms with Crippen molar-refractivity contribution in [2.24, 2.45) is 23.2 Å². The first-order chi connectivity index (χ1) is 10.6. The second-order valence-electron chi connectivity index (χ2n) is 7.71. The summed E-state index contributed by atoms with van der Waals surface area (Å²) in [6, 6.07) is 0. The Balaban J connectivity index is 1.36. The van der Waals surface area contributed by atoms with Gasteiger partial charge in [-0.15, -0.1) is 0 Å². The highest BCUT2D eigenvalue weighted by Gasteiger charge is 2.50. The van der Waals surface area contributed by atoms with E-state index < -0.39 is 0 Å². The van der Waals surface area contributed by atoms with Crippen LogP contribution >= 0.6 is 0 Å². The third kappa shape index (κ3) is 2.46. The van der Waals surface area contributed by atoms with Gasteiger partial charge in [0.15, 0.2) is 11.5 Å². The van der Waals surface area contributed by atoms with Gasteiger partial charge in [0.1, 0.15) is 0 Å². The van der Waals surface area contributed by atoms with Crippen molar-refractivity contribution >= 4 is 11.7 Å². The summed E-state index contributed by atoms with van der Waals surface area (Å²) in [4.78, 5) is 20.1. The maximum atomic E-state index is 12.2. The highest BCUT2D eigenvalue weighted by Crippen LogP contribution is 2.61. The summed E-state index contributed by atoms with van der Waals surface area (Å²) in [7, 11) is 0. The van der Waals surface area contributed by atoms with Crippen LogP contribution < -0.4 is 11.1 Å². The van der Waals surface area contributed by atoms with E-state index in [2.05, 4.69) is 15.3 Å². The lowest BCUT2D eigenvalue weighted by atomic mass is 9.49. The number of nitrogen functional groups attached to an aromatic ring is 1. The van der Waals surface area contributed by atoms with Crippen molar-refractivity contribution in [3.63, 3.8) is 0 Å². The van der Waals surface area contributed by atoms with Crippen molar-refractivity contribution in [2.45, 2.75) is 44.9 Å². The minimum Gasteiger partial charge on any atom is -0.382 e. The molecular weight excluding hydrogens is 276 g/mol. The molecule has 0 saturated heterocycles. The number of carbonyl (C=O) groups is 1. The van der Waals surface area contributed by atoms with Crippen LogP contribution in [0, 0.1) is 23.2 Å². The molecule has 1 amide bonds. The maximum Gasteiger partial charge on any atom is 0.273 e. The molecule has 0 spiro atoms. The van der Waals surface area contributed by atoms with Crippen LogP contribution in [-0.2, 0) is 0 Å². The fourth-order valence-corrected chi connectivity index (χ4v) is 5.64. The summed E-state index contributed by atoms with van der Waals surface area (Å²) >= 11 is 0. The Hall–Kier alpha value is -1.65. The highest BCUT2D eigenvalue weighted by molar-refractivity contribution is 5.96. The van der Waals surface area contributed by atoms with Crippen molar-refractivity contribution in [3.05, 3.63) is 18.1 Å². The van der Waals surface area contributed by atoms with Crippen molar-refractivity contribution < 1.29 is 4.79 Å². The number of amides is 1. The molecule has 1 aromatic rings. The Labute approximate surface area is 131 Å². The molecule has 0 unspecified atom stereocenters. The monoisotopic (exact) mass is 300 g/mol. The van der Waals surface area contributed by atoms with E-state index in [1.54, 1.807) is 0 Å². The Bertz CT molecular complexity index is 550. The van der Waals surface area contributed by atoms with Gasteiger partial charge in [-0.1, -0.05) is 0 Å². The number of hydrogen-bond donors (Lipinski definition) is 2. The SMILES string of the molecule is Nc1nccnc1C(=O)NCCC12CC3CC(CC(C3)C1)C2. The van der Waals surface area contributed by atoms with Gasteiger partial charge in [0.25, 0.3) is 5.91 Å². The predicted octanol–water partition coefficient (Wildman–Crippen LogP) is 2.40. The third-order valence-electron chi connectivity index (χ3n) is 6.05. The van der Waals surface area contributed by atoms with Crippen LogP contribution in [0.4, 0.5) is 5.82 Å². The maximum absolute atomic E-state index is 12.2. The molecule has 0 aromatic carbocycles. The van der Waals surface area contributed by atoms with E-state index in [1.165, 1.54) is 50.9 Å². The molecule has 1 heterocycles. The van der Waals surface area contributed by atoms with Crippen LogP contribution in [0.3, 0.4) is 0 Å². The van der Waals surface area contributed by atoms with E-state index in [0.29, 0.717) is 5.41 Å². The van der Waals surface area contributed by atoms with Gasteiger partial charge in [0, 0.05) is 18.9 Å². The number of nitrogens with two attached hydrogens (primary N) is 1. The first-order valence-electron chi connectivity index (χ1n) is 8.48. The lowest BCUT2D eigenvalue weighted by Crippen LogP contribution is -2.47. The van der Waals surface area contributed by atoms with Gasteiger partial charge in [-0.3, -0.25) is 4.79 Å². The Morgan fingerprint density at radius 1 is 1.14 bits per heavy atom. The van der Waals surface area contributed by atoms with E-state index in [0.717, 1.165) is 30.7 Å². The molecule has 0 radical (unpaired) electrons. The second-order valence-corrected chi connectivity index (χ2v) is 7.71. The number of anilines is 1. The fraction of sp³-hybridized carbons (Fsp3) is 0.706. The molecule has 0 atom stereocenters. The Morgan fingerprint density at radius 2 is 1.73 bits per heavy atom. The molecule has 4 aliphatic rings. The molecule has 4 bridgehead atoms. The van der Waals surface area contributed by atoms with Gasteiger partial charge in [-0.25, -0.2) is 9.97 Å². The molecule has 118 valence electrons. The molecule has 4 fully saturated rings. The molecule has 1 aromatic heterocycles. The molecule has 22 heavy (non-hydrogen) atoms. The quantitative estimate of drug-likeness (QED) is 0.894. The van der Waals surface area contributed by atoms with E-state index in [9.17, 15) is 4.79 Å². The average Bonchev–Trinajstić information content (AvgIpc) is 2.46. The lowest BCUT2D eigenvalue weighted by Gasteiger charge is -2.57. The largest absolute Gasteiger partial charge is 0.382 e. The van der Waals surface area contributed by atoms with Gasteiger partial charge >= 0.3 is 0 Å². The Kier molecular flexibility index (Phi) is 3.31. The number of nitrogens with zero attached hydrogens (tertiary/aromatic N) is 2. The summed E-state index contributed by atoms with van der Waals surface area (Å²) in [5.74, 6) is 2.87. The molecular formula is C17H24N4O. The molecule has 3 N–H and O–H groups in total. The van der Waals surface area contributed by atoms with Gasteiger partial charge in [0.05, 0.1) is 0 Å². The van der Waals surface area contributed by atoms with E-state index in [1.807, 2.05) is 0 Å². The fourth-order valence-electron chi connectivity index (χ4n) is 5.64. The van der Waals surface area contributed by atoms with E-state index >= 15 is 0 Å². The number of nitrogens with one attached hydrogen (secondary N) is 1. The lowest BCUT2D eigenvalue weighted by molar-refractivity contribution is -0.0564. The molecule has 0 aliphatic heterocycles. The summed E-state index contributed by atoms with van der Waals surface area (Å²) in [6.45, 7) is 0.723. The first-order valence-corrected chi connectivity index (χ1v) is 8.48. The molecule has 4 saturated carbocycles. The van der Waals surface area contributed by atoms with Crippen LogP contribution in [0.1, 0.15) is 55.4 Å². The molecule has 5 heteroatoms. The van der Waals surface area contributed by atoms with Crippen molar-refractivity contribution in [1.29, 1.82) is 0 Å². The number of aromatic nitrogens is 2. The van der Waals surface area contributed by atoms with E-state index in [-0.39, 0.29) is 17.4 Å². The highest BCUT2D eigenvalue weighted by atomic mass is 16.1. The molecule has 5 nitrogen and oxygen atoms in total. The zero-order valence-electron chi connectivity index (χ0n) is 12.9. The zero-order chi connectivity index (χ0) is 15.2. The number of rotatable bonds is 4. The van der Waals surface area contributed by atoms with Gasteiger partial charge < -0.3 is 11.1 Å². The van der Waals surface area contributed by atoms with Crippen LogP contribution in [0.2, 0.25) is 0 Å². The van der Waals surface area contributed by atoms with Crippen LogP contribution in [0.5, 0.6) is 0 Å². The summed E-state index contributed by atoms with van der Waals surface area (Å²) in [5, 5.41) is 2.99. The standard InChI is InChI=1S/C17H24N4O/c18-15-14(19-3-4-20-15)16(22)21-2-1-17-8-11-5-12(9-17)7-13(6-11)10-17/h3-4,11-13H,1-2,5-10H2,(H2,18,20)(H,21,22). The smallest absolute Gasteiger partial charge is 0.273 e. The second kappa shape index (κ2) is 5.21.